The van der Waals surface area contributed by atoms with Gasteiger partial charge >= 0.3 is 0 Å². The van der Waals surface area contributed by atoms with Gasteiger partial charge in [-0.15, -0.1) is 40.1 Å². The molecular weight excluding hydrogens is 452 g/mol. The van der Waals surface area contributed by atoms with Crippen LogP contribution in [0.15, 0.2) is 37.3 Å². The molecule has 0 aliphatic carbocycles. The highest BCUT2D eigenvalue weighted by Crippen LogP contribution is 2.47. The van der Waals surface area contributed by atoms with Crippen LogP contribution >= 0.6 is 67.8 Å². The highest BCUT2D eigenvalue weighted by Gasteiger charge is 2.33. The van der Waals surface area contributed by atoms with Gasteiger partial charge in [0.25, 0.3) is 0 Å². The molecule has 21 heavy (non-hydrogen) atoms. The van der Waals surface area contributed by atoms with E-state index in [0.29, 0.717) is 0 Å². The summed E-state index contributed by atoms with van der Waals surface area (Å²) in [5.41, 5.74) is 2.61. The molecular formula is C14H12Br2N2S3. The predicted molar refractivity (Wildman–Crippen MR) is 106 cm³/mol. The number of benzene rings is 1. The van der Waals surface area contributed by atoms with Gasteiger partial charge in [-0.2, -0.15) is 0 Å². The first-order valence-corrected chi connectivity index (χ1v) is 9.94. The van der Waals surface area contributed by atoms with Crippen molar-refractivity contribution in [3.05, 3.63) is 33.0 Å². The molecule has 0 spiro atoms. The van der Waals surface area contributed by atoms with E-state index >= 15 is 0 Å². The maximum absolute atomic E-state index is 4.56. The van der Waals surface area contributed by atoms with Crippen molar-refractivity contribution in [3.8, 4) is 0 Å². The largest absolute Gasteiger partial charge is 0.317 e. The zero-order valence-corrected chi connectivity index (χ0v) is 16.9. The fourth-order valence-electron chi connectivity index (χ4n) is 2.53. The third-order valence-electron chi connectivity index (χ3n) is 3.47. The van der Waals surface area contributed by atoms with Gasteiger partial charge in [-0.1, -0.05) is 0 Å². The molecule has 1 aromatic carbocycles. The van der Waals surface area contributed by atoms with Crippen LogP contribution in [0.3, 0.4) is 0 Å². The van der Waals surface area contributed by atoms with Crippen LogP contribution in [0.25, 0.3) is 15.8 Å². The topological polar surface area (TPSA) is 15.6 Å². The normalized spacial score (nSPS) is 17.2. The monoisotopic (exact) mass is 462 g/mol. The van der Waals surface area contributed by atoms with Gasteiger partial charge in [0.2, 0.25) is 0 Å². The fourth-order valence-corrected chi connectivity index (χ4v) is 5.68. The summed E-state index contributed by atoms with van der Waals surface area (Å²) in [5.74, 6) is 0. The first-order chi connectivity index (χ1) is 9.78. The van der Waals surface area contributed by atoms with Crippen molar-refractivity contribution >= 4 is 88.7 Å². The third-order valence-corrected chi connectivity index (χ3v) is 6.93. The molecule has 0 saturated carbocycles. The lowest BCUT2D eigenvalue weighted by Crippen LogP contribution is -2.19. The molecule has 2 aliphatic heterocycles. The second-order valence-corrected chi connectivity index (χ2v) is 8.64. The number of hydrogen-bond donors (Lipinski definition) is 0. The van der Waals surface area contributed by atoms with E-state index in [9.17, 15) is 0 Å². The van der Waals surface area contributed by atoms with Gasteiger partial charge in [0.05, 0.1) is 16.1 Å². The molecule has 2 nitrogen and oxygen atoms in total. The van der Waals surface area contributed by atoms with Gasteiger partial charge in [0.1, 0.15) is 0 Å². The quantitative estimate of drug-likeness (QED) is 0.535. The van der Waals surface area contributed by atoms with Crippen LogP contribution in [-0.2, 0) is 0 Å². The number of hydrogen-bond acceptors (Lipinski definition) is 5. The number of fused-ring (bicyclic) bond motifs is 2. The van der Waals surface area contributed by atoms with E-state index in [-0.39, 0.29) is 17.0 Å². The maximum Gasteiger partial charge on any atom is 0.169 e. The van der Waals surface area contributed by atoms with Gasteiger partial charge in [-0.3, -0.25) is 4.99 Å². The molecule has 0 saturated heterocycles. The number of nitrogens with zero attached hydrogens (tertiary/aromatic N) is 2. The number of thiophene rings is 1. The van der Waals surface area contributed by atoms with Crippen molar-refractivity contribution in [3.63, 3.8) is 0 Å². The van der Waals surface area contributed by atoms with Gasteiger partial charge in [0.15, 0.2) is 5.17 Å². The molecule has 110 valence electrons. The Kier molecular flexibility index (Phi) is 4.76. The lowest BCUT2D eigenvalue weighted by Gasteiger charge is -2.16. The van der Waals surface area contributed by atoms with Crippen LogP contribution in [0.4, 0.5) is 0 Å². The number of rotatable bonds is 2. The molecule has 0 unspecified atom stereocenters. The lowest BCUT2D eigenvalue weighted by atomic mass is 10.1. The van der Waals surface area contributed by atoms with E-state index in [2.05, 4.69) is 55.7 Å². The standard InChI is InChI=1S/C14H11BrN2S3.BrH/c1-18-8-2-3-11-9(6-8)10(7-19-11)12-13(15)20-14-16-4-5-17(12)14;/h2-3,6-7H,4-5H2,1H3;1H. The molecule has 2 aliphatic rings. The Morgan fingerprint density at radius 1 is 1.38 bits per heavy atom. The van der Waals surface area contributed by atoms with Crippen molar-refractivity contribution in [1.82, 2.24) is 4.90 Å². The van der Waals surface area contributed by atoms with Crippen LogP contribution in [0.5, 0.6) is 0 Å². The SMILES string of the molecule is Br.CSc1ccc2scc(C3=C(Br)SC4=NCCN43)c2c1. The van der Waals surface area contributed by atoms with E-state index in [1.54, 1.807) is 23.5 Å². The second kappa shape index (κ2) is 6.28. The average Bonchev–Trinajstić information content (AvgIpc) is 3.12. The van der Waals surface area contributed by atoms with E-state index in [0.717, 1.165) is 18.3 Å². The summed E-state index contributed by atoms with van der Waals surface area (Å²) in [7, 11) is 0. The Bertz CT molecular complexity index is 767. The third kappa shape index (κ3) is 2.61. The molecule has 0 radical (unpaired) electrons. The molecule has 4 rings (SSSR count). The number of amidine groups is 1. The van der Waals surface area contributed by atoms with E-state index < -0.39 is 0 Å². The van der Waals surface area contributed by atoms with Crippen LogP contribution in [0.1, 0.15) is 5.56 Å². The highest BCUT2D eigenvalue weighted by molar-refractivity contribution is 9.14. The Labute approximate surface area is 155 Å². The van der Waals surface area contributed by atoms with E-state index in [1.807, 2.05) is 11.3 Å². The summed E-state index contributed by atoms with van der Waals surface area (Å²) in [4.78, 5) is 8.21. The number of halogens is 2. The molecule has 0 bridgehead atoms. The number of aliphatic imine (C=N–C) groups is 1. The highest BCUT2D eigenvalue weighted by atomic mass is 79.9. The van der Waals surface area contributed by atoms with Gasteiger partial charge in [0, 0.05) is 32.5 Å². The summed E-state index contributed by atoms with van der Waals surface area (Å²) in [6.45, 7) is 1.90. The molecule has 3 heterocycles. The summed E-state index contributed by atoms with van der Waals surface area (Å²) in [5, 5.41) is 4.75. The molecule has 0 fully saturated rings. The summed E-state index contributed by atoms with van der Waals surface area (Å²) in [6.07, 6.45) is 2.12. The number of thioether (sulfide) groups is 2. The zero-order chi connectivity index (χ0) is 13.7. The zero-order valence-electron chi connectivity index (χ0n) is 11.1. The van der Waals surface area contributed by atoms with Crippen LogP contribution < -0.4 is 0 Å². The van der Waals surface area contributed by atoms with Crippen molar-refractivity contribution in [2.45, 2.75) is 4.90 Å². The minimum Gasteiger partial charge on any atom is -0.317 e. The molecule has 1 aromatic heterocycles. The van der Waals surface area contributed by atoms with Crippen molar-refractivity contribution in [2.75, 3.05) is 19.3 Å². The average molecular weight is 464 g/mol. The molecule has 7 heteroatoms. The summed E-state index contributed by atoms with van der Waals surface area (Å²) >= 11 is 9.06. The minimum absolute atomic E-state index is 0. The van der Waals surface area contributed by atoms with Gasteiger partial charge in [-0.05, 0) is 52.1 Å². The van der Waals surface area contributed by atoms with E-state index in [1.165, 1.54) is 30.1 Å². The summed E-state index contributed by atoms with van der Waals surface area (Å²) < 4.78 is 2.53. The van der Waals surface area contributed by atoms with Gasteiger partial charge < -0.3 is 4.90 Å². The minimum atomic E-state index is 0. The predicted octanol–water partition coefficient (Wildman–Crippen LogP) is 5.64. The first kappa shape index (κ1) is 15.9. The van der Waals surface area contributed by atoms with Crippen molar-refractivity contribution < 1.29 is 0 Å². The lowest BCUT2D eigenvalue weighted by molar-refractivity contribution is 0.650. The molecule has 0 N–H and O–H groups in total. The maximum atomic E-state index is 4.56. The van der Waals surface area contributed by atoms with Crippen molar-refractivity contribution in [1.29, 1.82) is 0 Å². The molecule has 0 atom stereocenters. The Morgan fingerprint density at radius 2 is 2.24 bits per heavy atom. The van der Waals surface area contributed by atoms with Crippen LogP contribution in [0, 0.1) is 0 Å². The van der Waals surface area contributed by atoms with Gasteiger partial charge in [-0.25, -0.2) is 0 Å². The summed E-state index contributed by atoms with van der Waals surface area (Å²) in [6, 6.07) is 6.72. The van der Waals surface area contributed by atoms with Crippen LogP contribution in [-0.4, -0.2) is 29.4 Å². The first-order valence-electron chi connectivity index (χ1n) is 6.23. The van der Waals surface area contributed by atoms with Crippen molar-refractivity contribution in [2.24, 2.45) is 4.99 Å². The van der Waals surface area contributed by atoms with Crippen LogP contribution in [0.2, 0.25) is 0 Å². The fraction of sp³-hybridized carbons (Fsp3) is 0.214. The molecule has 0 amide bonds. The molecule has 2 aromatic rings. The Hall–Kier alpha value is 0.0500. The smallest absolute Gasteiger partial charge is 0.169 e. The second-order valence-electron chi connectivity index (χ2n) is 4.55. The Balaban J connectivity index is 0.00000132. The van der Waals surface area contributed by atoms with E-state index in [4.69, 9.17) is 0 Å². The Morgan fingerprint density at radius 3 is 3.05 bits per heavy atom.